The van der Waals surface area contributed by atoms with Crippen molar-refractivity contribution in [2.45, 2.75) is 6.92 Å². The lowest BCUT2D eigenvalue weighted by Crippen LogP contribution is -1.98. The smallest absolute Gasteiger partial charge is 0.142 e. The van der Waals surface area contributed by atoms with E-state index in [0.717, 1.165) is 26.6 Å². The molecule has 2 aromatic carbocycles. The number of rotatable bonds is 3. The van der Waals surface area contributed by atoms with Crippen LogP contribution >= 0.6 is 22.9 Å². The Balaban J connectivity index is 2.05. The van der Waals surface area contributed by atoms with Gasteiger partial charge in [-0.3, -0.25) is 0 Å². The summed E-state index contributed by atoms with van der Waals surface area (Å²) < 4.78 is 6.41. The fraction of sp³-hybridized carbons (Fsp3) is 0.133. The van der Waals surface area contributed by atoms with Crippen LogP contribution in [0.2, 0.25) is 5.02 Å². The summed E-state index contributed by atoms with van der Waals surface area (Å²) in [7, 11) is 1.62. The summed E-state index contributed by atoms with van der Waals surface area (Å²) in [6.07, 6.45) is 0. The summed E-state index contributed by atoms with van der Waals surface area (Å²) in [6.45, 7) is 1.98. The van der Waals surface area contributed by atoms with Crippen LogP contribution in [0.3, 0.4) is 0 Å². The zero-order chi connectivity index (χ0) is 15.0. The second-order valence-corrected chi connectivity index (χ2v) is 6.28. The van der Waals surface area contributed by atoms with E-state index in [0.29, 0.717) is 16.5 Å². The quantitative estimate of drug-likeness (QED) is 0.693. The third-order valence-corrected chi connectivity index (χ3v) is 4.27. The van der Waals surface area contributed by atoms with Crippen LogP contribution in [-0.4, -0.2) is 12.1 Å². The number of methoxy groups -OCH3 is 1. The number of fused-ring (bicyclic) bond motifs is 1. The molecule has 0 aliphatic carbocycles. The predicted octanol–water partition coefficient (Wildman–Crippen LogP) is 4.59. The van der Waals surface area contributed by atoms with Crippen molar-refractivity contribution in [2.75, 3.05) is 18.2 Å². The number of ether oxygens (including phenoxy) is 1. The van der Waals surface area contributed by atoms with Gasteiger partial charge < -0.3 is 15.8 Å². The Hall–Kier alpha value is -1.98. The second kappa shape index (κ2) is 5.42. The number of hydrogen-bond donors (Lipinski definition) is 2. The molecule has 3 aromatic rings. The molecule has 0 aliphatic heterocycles. The molecule has 0 bridgehead atoms. The highest BCUT2D eigenvalue weighted by Gasteiger charge is 2.09. The Morgan fingerprint density at radius 2 is 2.05 bits per heavy atom. The Morgan fingerprint density at radius 1 is 1.24 bits per heavy atom. The second-order valence-electron chi connectivity index (χ2n) is 4.61. The lowest BCUT2D eigenvalue weighted by atomic mass is 10.2. The highest BCUT2D eigenvalue weighted by atomic mass is 35.5. The topological polar surface area (TPSA) is 60.2 Å². The number of nitrogen functional groups attached to an aromatic ring is 1. The standard InChI is InChI=1S/C15H14ClN3OS/c1-8-18-13-7-11(10(17)6-15(13)21-8)19-12-5-9(16)3-4-14(12)20-2/h3-7,19H,17H2,1-2H3. The van der Waals surface area contributed by atoms with Gasteiger partial charge in [-0.25, -0.2) is 4.98 Å². The third-order valence-electron chi connectivity index (χ3n) is 3.10. The molecule has 3 N–H and O–H groups in total. The Morgan fingerprint density at radius 3 is 2.81 bits per heavy atom. The van der Waals surface area contributed by atoms with Crippen molar-refractivity contribution in [1.82, 2.24) is 4.98 Å². The normalized spacial score (nSPS) is 10.8. The number of benzene rings is 2. The maximum Gasteiger partial charge on any atom is 0.142 e. The third kappa shape index (κ3) is 2.75. The van der Waals surface area contributed by atoms with Gasteiger partial charge in [0.25, 0.3) is 0 Å². The first-order chi connectivity index (χ1) is 10.1. The van der Waals surface area contributed by atoms with E-state index in [1.54, 1.807) is 30.6 Å². The van der Waals surface area contributed by atoms with Crippen molar-refractivity contribution >= 4 is 50.2 Å². The molecule has 0 unspecified atom stereocenters. The first-order valence-corrected chi connectivity index (χ1v) is 7.53. The Kier molecular flexibility index (Phi) is 3.61. The first kappa shape index (κ1) is 14.0. The number of halogens is 1. The fourth-order valence-electron chi connectivity index (χ4n) is 2.14. The van der Waals surface area contributed by atoms with Crippen LogP contribution in [0.5, 0.6) is 5.75 Å². The molecule has 3 rings (SSSR count). The lowest BCUT2D eigenvalue weighted by Gasteiger charge is -2.13. The molecular weight excluding hydrogens is 306 g/mol. The molecule has 1 aromatic heterocycles. The zero-order valence-electron chi connectivity index (χ0n) is 11.6. The van der Waals surface area contributed by atoms with Crippen LogP contribution in [-0.2, 0) is 0 Å². The molecule has 0 saturated heterocycles. The molecule has 0 amide bonds. The largest absolute Gasteiger partial charge is 0.495 e. The number of aromatic nitrogens is 1. The van der Waals surface area contributed by atoms with Gasteiger partial charge in [0.05, 0.1) is 39.4 Å². The number of thiazole rings is 1. The van der Waals surface area contributed by atoms with E-state index >= 15 is 0 Å². The van der Waals surface area contributed by atoms with E-state index in [1.165, 1.54) is 0 Å². The van der Waals surface area contributed by atoms with Crippen molar-refractivity contribution in [3.05, 3.63) is 40.4 Å². The average molecular weight is 320 g/mol. The molecule has 0 saturated carbocycles. The summed E-state index contributed by atoms with van der Waals surface area (Å²) in [4.78, 5) is 4.48. The van der Waals surface area contributed by atoms with Crippen LogP contribution < -0.4 is 15.8 Å². The predicted molar refractivity (Wildman–Crippen MR) is 90.1 cm³/mol. The maximum absolute atomic E-state index is 6.12. The van der Waals surface area contributed by atoms with Crippen LogP contribution in [0.25, 0.3) is 10.2 Å². The molecule has 0 atom stereocenters. The SMILES string of the molecule is COc1ccc(Cl)cc1Nc1cc2nc(C)sc2cc1N. The van der Waals surface area contributed by atoms with E-state index in [-0.39, 0.29) is 0 Å². The summed E-state index contributed by atoms with van der Waals surface area (Å²) in [6, 6.07) is 9.26. The molecule has 0 fully saturated rings. The summed E-state index contributed by atoms with van der Waals surface area (Å²) in [5.41, 5.74) is 9.25. The van der Waals surface area contributed by atoms with Crippen LogP contribution in [0.1, 0.15) is 5.01 Å². The molecule has 108 valence electrons. The summed E-state index contributed by atoms with van der Waals surface area (Å²) >= 11 is 7.67. The van der Waals surface area contributed by atoms with Crippen LogP contribution in [0, 0.1) is 6.92 Å². The van der Waals surface area contributed by atoms with Crippen molar-refractivity contribution in [2.24, 2.45) is 0 Å². The van der Waals surface area contributed by atoms with Crippen LogP contribution in [0.4, 0.5) is 17.1 Å². The fourth-order valence-corrected chi connectivity index (χ4v) is 3.17. The minimum atomic E-state index is 0.627. The molecule has 0 spiro atoms. The van der Waals surface area contributed by atoms with Crippen molar-refractivity contribution < 1.29 is 4.74 Å². The molecular formula is C15H14ClN3OS. The number of nitrogens with zero attached hydrogens (tertiary/aromatic N) is 1. The van der Waals surface area contributed by atoms with Crippen molar-refractivity contribution in [3.63, 3.8) is 0 Å². The number of aryl methyl sites for hydroxylation is 1. The Bertz CT molecular complexity index is 816. The maximum atomic E-state index is 6.12. The van der Waals surface area contributed by atoms with Crippen LogP contribution in [0.15, 0.2) is 30.3 Å². The van der Waals surface area contributed by atoms with Crippen molar-refractivity contribution in [3.8, 4) is 5.75 Å². The molecule has 21 heavy (non-hydrogen) atoms. The van der Waals surface area contributed by atoms with Gasteiger partial charge in [0.2, 0.25) is 0 Å². The number of anilines is 3. The lowest BCUT2D eigenvalue weighted by molar-refractivity contribution is 0.417. The number of nitrogens with one attached hydrogen (secondary N) is 1. The minimum Gasteiger partial charge on any atom is -0.495 e. The van der Waals surface area contributed by atoms with Gasteiger partial charge >= 0.3 is 0 Å². The van der Waals surface area contributed by atoms with Gasteiger partial charge in [0, 0.05) is 5.02 Å². The zero-order valence-corrected chi connectivity index (χ0v) is 13.2. The van der Waals surface area contributed by atoms with Gasteiger partial charge in [-0.05, 0) is 37.3 Å². The molecule has 0 radical (unpaired) electrons. The highest BCUT2D eigenvalue weighted by Crippen LogP contribution is 2.35. The van der Waals surface area contributed by atoms with E-state index in [4.69, 9.17) is 22.1 Å². The molecule has 1 heterocycles. The monoisotopic (exact) mass is 319 g/mol. The van der Waals surface area contributed by atoms with E-state index < -0.39 is 0 Å². The molecule has 0 aliphatic rings. The summed E-state index contributed by atoms with van der Waals surface area (Å²) in [5, 5.41) is 4.91. The molecule has 4 nitrogen and oxygen atoms in total. The average Bonchev–Trinajstić information content (AvgIpc) is 2.78. The Labute approximate surface area is 131 Å². The van der Waals surface area contributed by atoms with E-state index in [2.05, 4.69) is 10.3 Å². The highest BCUT2D eigenvalue weighted by molar-refractivity contribution is 7.18. The van der Waals surface area contributed by atoms with E-state index in [9.17, 15) is 0 Å². The van der Waals surface area contributed by atoms with Crippen molar-refractivity contribution in [1.29, 1.82) is 0 Å². The van der Waals surface area contributed by atoms with Gasteiger partial charge in [-0.1, -0.05) is 11.6 Å². The minimum absolute atomic E-state index is 0.627. The van der Waals surface area contributed by atoms with Gasteiger partial charge in [0.1, 0.15) is 5.75 Å². The number of hydrogen-bond acceptors (Lipinski definition) is 5. The number of nitrogens with two attached hydrogens (primary N) is 1. The summed E-state index contributed by atoms with van der Waals surface area (Å²) in [5.74, 6) is 0.702. The van der Waals surface area contributed by atoms with Gasteiger partial charge in [0.15, 0.2) is 0 Å². The van der Waals surface area contributed by atoms with E-state index in [1.807, 2.05) is 25.1 Å². The molecule has 6 heteroatoms. The van der Waals surface area contributed by atoms with Gasteiger partial charge in [-0.15, -0.1) is 11.3 Å². The first-order valence-electron chi connectivity index (χ1n) is 6.34. The van der Waals surface area contributed by atoms with Gasteiger partial charge in [-0.2, -0.15) is 0 Å².